The molecule has 0 aliphatic heterocycles. The minimum atomic E-state index is -0.275. The standard InChI is InChI=1S/C31H18NO2.C26H16NO2.C25H13FNO2.3C5H8O2.3Ir/c1-3-10-20(11-4-1)29-25-19-32-26(18-28(25)34-30(29)21-12-5-2-6-13-21)24-16-9-15-23-22-14-7-8-17-27(22)33-31(23)24;1-16-21-15-27-22(14-24(21)29-25(16)17-8-3-2-4-9-17)20-12-7-11-19-18-10-5-6-13-23(18)28-26(19)20;26-17-10-8-15(9-11-17)23-12-16-14-27-21(13-24(16)28-23)20-6-3-5-19-18-4-1-2-7-22(18)29-25(19)20;3*1-4(6)3-5(2)7;;;/h1-15,17-19H;2-11,13-15H,1H3;1-5,7-14H;3*3,6H,1-2H3;;;/q3*-1;;;;;;. The van der Waals surface area contributed by atoms with Crippen LogP contribution in [0.3, 0.4) is 0 Å². The Hall–Kier alpha value is -12.8. The second-order valence-electron chi connectivity index (χ2n) is 26.6. The Morgan fingerprint density at radius 2 is 0.698 bits per heavy atom. The van der Waals surface area contributed by atoms with Crippen LogP contribution in [0.2, 0.25) is 0 Å². The van der Waals surface area contributed by atoms with Crippen molar-refractivity contribution in [3.63, 3.8) is 0 Å². The third kappa shape index (κ3) is 19.0. The topological polar surface area (TPSA) is 229 Å². The number of aliphatic hydroxyl groups excluding tert-OH is 3. The van der Waals surface area contributed by atoms with Crippen LogP contribution in [-0.2, 0) is 74.7 Å². The normalized spacial score (nSPS) is 11.3. The Labute approximate surface area is 706 Å². The van der Waals surface area contributed by atoms with Crippen molar-refractivity contribution in [3.05, 3.63) is 332 Å². The number of furan rings is 6. The van der Waals surface area contributed by atoms with Gasteiger partial charge in [-0.3, -0.25) is 14.4 Å². The molecule has 9 heterocycles. The number of benzene rings is 10. The number of aliphatic hydroxyl groups is 3. The zero-order valence-corrected chi connectivity index (χ0v) is 70.6. The van der Waals surface area contributed by atoms with E-state index in [0.717, 1.165) is 172 Å². The fourth-order valence-corrected chi connectivity index (χ4v) is 13.3. The molecule has 9 aromatic heterocycles. The molecule has 0 unspecified atom stereocenters. The maximum atomic E-state index is 13.2. The molecular formula is C97H71FIr3N3O12-3. The molecule has 10 aromatic carbocycles. The second kappa shape index (κ2) is 37.9. The first-order valence-corrected chi connectivity index (χ1v) is 36.0. The van der Waals surface area contributed by atoms with Gasteiger partial charge in [0.2, 0.25) is 0 Å². The predicted octanol–water partition coefficient (Wildman–Crippen LogP) is 25.8. The van der Waals surface area contributed by atoms with Crippen LogP contribution < -0.4 is 0 Å². The summed E-state index contributed by atoms with van der Waals surface area (Å²) in [6.45, 7) is 10.6. The van der Waals surface area contributed by atoms with Gasteiger partial charge in [0, 0.05) is 157 Å². The van der Waals surface area contributed by atoms with Gasteiger partial charge in [-0.1, -0.05) is 178 Å². The van der Waals surface area contributed by atoms with Gasteiger partial charge in [0.25, 0.3) is 0 Å². The molecule has 19 heteroatoms. The monoisotopic (exact) mass is 2070 g/mol. The fraction of sp³-hybridized carbons (Fsp3) is 0.0722. The number of carbonyl (C=O) groups excluding carboxylic acids is 3. The number of allylic oxidation sites excluding steroid dienone is 6. The zero-order valence-electron chi connectivity index (χ0n) is 63.4. The molecule has 0 atom stereocenters. The summed E-state index contributed by atoms with van der Waals surface area (Å²) < 4.78 is 50.4. The number of hydrogen-bond donors (Lipinski definition) is 3. The smallest absolute Gasteiger partial charge is 0.155 e. The van der Waals surface area contributed by atoms with Crippen molar-refractivity contribution in [2.45, 2.75) is 48.5 Å². The van der Waals surface area contributed by atoms with Gasteiger partial charge >= 0.3 is 0 Å². The Balaban J connectivity index is 0.000000151. The van der Waals surface area contributed by atoms with Crippen LogP contribution in [0.4, 0.5) is 4.39 Å². The quantitative estimate of drug-likeness (QED) is 0.0657. The van der Waals surface area contributed by atoms with Crippen molar-refractivity contribution < 1.29 is 121 Å². The van der Waals surface area contributed by atoms with Gasteiger partial charge in [-0.2, -0.15) is 0 Å². The van der Waals surface area contributed by atoms with Crippen LogP contribution in [0.25, 0.3) is 178 Å². The maximum Gasteiger partial charge on any atom is 0.155 e. The molecule has 0 aliphatic carbocycles. The third-order valence-electron chi connectivity index (χ3n) is 18.1. The molecule has 0 amide bonds. The molecule has 0 saturated carbocycles. The molecule has 583 valence electrons. The van der Waals surface area contributed by atoms with E-state index in [1.807, 2.05) is 188 Å². The number of halogens is 1. The van der Waals surface area contributed by atoms with Crippen molar-refractivity contribution in [2.75, 3.05) is 0 Å². The van der Waals surface area contributed by atoms with Crippen molar-refractivity contribution in [3.8, 4) is 78.9 Å². The number of aromatic nitrogens is 3. The molecule has 19 aromatic rings. The summed E-state index contributed by atoms with van der Waals surface area (Å²) in [6.07, 6.45) is 9.06. The molecule has 0 saturated heterocycles. The summed E-state index contributed by atoms with van der Waals surface area (Å²) in [6, 6.07) is 90.5. The fourth-order valence-electron chi connectivity index (χ4n) is 13.3. The first kappa shape index (κ1) is 84.1. The number of hydrogen-bond acceptors (Lipinski definition) is 15. The van der Waals surface area contributed by atoms with Gasteiger partial charge in [0.1, 0.15) is 56.6 Å². The summed E-state index contributed by atoms with van der Waals surface area (Å²) in [5.41, 5.74) is 18.1. The van der Waals surface area contributed by atoms with E-state index in [2.05, 4.69) is 78.6 Å². The van der Waals surface area contributed by atoms with Gasteiger partial charge in [0.05, 0.1) is 34.0 Å². The molecule has 116 heavy (non-hydrogen) atoms. The van der Waals surface area contributed by atoms with Crippen LogP contribution in [0.5, 0.6) is 0 Å². The van der Waals surface area contributed by atoms with Gasteiger partial charge in [0.15, 0.2) is 17.3 Å². The zero-order chi connectivity index (χ0) is 78.8. The van der Waals surface area contributed by atoms with Crippen LogP contribution >= 0.6 is 0 Å². The number of pyridine rings is 3. The van der Waals surface area contributed by atoms with E-state index < -0.39 is 0 Å². The summed E-state index contributed by atoms with van der Waals surface area (Å²) in [7, 11) is 0. The van der Waals surface area contributed by atoms with E-state index in [9.17, 15) is 18.8 Å². The number of rotatable bonds is 10. The van der Waals surface area contributed by atoms with Crippen LogP contribution in [0, 0.1) is 30.9 Å². The average Bonchev–Trinajstić information content (AvgIpc) is 1.61. The summed E-state index contributed by atoms with van der Waals surface area (Å²) in [4.78, 5) is 44.2. The van der Waals surface area contributed by atoms with Crippen LogP contribution in [-0.4, -0.2) is 47.6 Å². The molecule has 19 rings (SSSR count). The van der Waals surface area contributed by atoms with Crippen molar-refractivity contribution in [1.29, 1.82) is 0 Å². The molecular weight excluding hydrogens is 1990 g/mol. The van der Waals surface area contributed by atoms with E-state index in [-0.39, 0.29) is 101 Å². The first-order valence-electron chi connectivity index (χ1n) is 36.0. The van der Waals surface area contributed by atoms with E-state index in [1.165, 1.54) is 71.9 Å². The summed E-state index contributed by atoms with van der Waals surface area (Å²) in [5.74, 6) is 1.93. The Bertz CT molecular complexity index is 6760. The molecule has 0 aliphatic rings. The first-order chi connectivity index (χ1) is 54.8. The molecule has 3 radical (unpaired) electrons. The van der Waals surface area contributed by atoms with Gasteiger partial charge < -0.3 is 56.8 Å². The molecule has 3 N–H and O–H groups in total. The maximum absolute atomic E-state index is 13.2. The molecule has 15 nitrogen and oxygen atoms in total. The largest absolute Gasteiger partial charge is 0.512 e. The number of ketones is 3. The predicted molar refractivity (Wildman–Crippen MR) is 444 cm³/mol. The molecule has 0 spiro atoms. The van der Waals surface area contributed by atoms with Gasteiger partial charge in [-0.15, -0.1) is 54.6 Å². The van der Waals surface area contributed by atoms with Gasteiger partial charge in [-0.25, -0.2) is 4.39 Å². The average molecular weight is 2070 g/mol. The molecule has 0 bridgehead atoms. The van der Waals surface area contributed by atoms with Crippen LogP contribution in [0.1, 0.15) is 47.1 Å². The van der Waals surface area contributed by atoms with Crippen molar-refractivity contribution in [1.82, 2.24) is 15.0 Å². The van der Waals surface area contributed by atoms with Crippen molar-refractivity contribution >= 4 is 116 Å². The van der Waals surface area contributed by atoms with E-state index in [0.29, 0.717) is 11.3 Å². The third-order valence-corrected chi connectivity index (χ3v) is 18.1. The summed E-state index contributed by atoms with van der Waals surface area (Å²) in [5, 5.41) is 34.4. The summed E-state index contributed by atoms with van der Waals surface area (Å²) >= 11 is 0. The Morgan fingerprint density at radius 1 is 0.345 bits per heavy atom. The number of carbonyl (C=O) groups is 3. The van der Waals surface area contributed by atoms with E-state index in [4.69, 9.17) is 51.8 Å². The number of para-hydroxylation sites is 3. The molecule has 0 fully saturated rings. The Morgan fingerprint density at radius 3 is 1.10 bits per heavy atom. The number of fused-ring (bicyclic) bond motifs is 12. The van der Waals surface area contributed by atoms with E-state index >= 15 is 0 Å². The second-order valence-corrected chi connectivity index (χ2v) is 26.6. The minimum Gasteiger partial charge on any atom is -0.512 e. The van der Waals surface area contributed by atoms with E-state index in [1.54, 1.807) is 18.3 Å². The van der Waals surface area contributed by atoms with Crippen LogP contribution in [0.15, 0.2) is 329 Å². The Kier molecular flexibility index (Phi) is 27.5. The SMILES string of the molecule is CC(=O)C=C(C)O.CC(=O)C=C(C)O.CC(=O)C=C(C)O.Cc1c(-c2ccccc2)oc2cc(-c3[c-]ccc4c3oc3ccccc34)ncc12.Fc1ccc(-c2cc3cnc(-c4[c-]ccc5c4oc4ccccc45)cc3o2)cc1.[Ir].[Ir].[Ir].[c-]1ccc2c(oc3ccccc32)c1-c1cc2oc(-c3ccccc3)c(-c3ccccc3)c2cn1. The van der Waals surface area contributed by atoms with Gasteiger partial charge in [-0.05, 0) is 138 Å². The number of nitrogens with zero attached hydrogens (tertiary/aromatic N) is 3. The number of aryl methyl sites for hydroxylation is 1. The minimum absolute atomic E-state index is 0. The van der Waals surface area contributed by atoms with Crippen molar-refractivity contribution in [2.24, 2.45) is 0 Å².